The van der Waals surface area contributed by atoms with Crippen LogP contribution in [0.3, 0.4) is 0 Å². The number of hydrogen-bond acceptors (Lipinski definition) is 4. The predicted molar refractivity (Wildman–Crippen MR) is 103 cm³/mol. The van der Waals surface area contributed by atoms with Gasteiger partial charge in [0.05, 0.1) is 6.54 Å². The van der Waals surface area contributed by atoms with Gasteiger partial charge in [0, 0.05) is 43.1 Å². The summed E-state index contributed by atoms with van der Waals surface area (Å²) in [6, 6.07) is 4.67. The summed E-state index contributed by atoms with van der Waals surface area (Å²) >= 11 is 5.99. The summed E-state index contributed by atoms with van der Waals surface area (Å²) in [7, 11) is 1.66. The average Bonchev–Trinajstić information content (AvgIpc) is 3.09. The van der Waals surface area contributed by atoms with E-state index in [1.165, 1.54) is 12.1 Å². The van der Waals surface area contributed by atoms with Crippen molar-refractivity contribution in [3.8, 4) is 5.75 Å². The van der Waals surface area contributed by atoms with Crippen LogP contribution in [0.1, 0.15) is 30.6 Å². The minimum absolute atomic E-state index is 0.0828. The number of rotatable bonds is 6. The first-order valence-corrected chi connectivity index (χ1v) is 9.49. The minimum atomic E-state index is -2.90. The first-order chi connectivity index (χ1) is 13.5. The zero-order valence-electron chi connectivity index (χ0n) is 15.8. The van der Waals surface area contributed by atoms with Crippen LogP contribution in [0.15, 0.2) is 23.2 Å². The van der Waals surface area contributed by atoms with Crippen LogP contribution in [0.4, 0.5) is 8.78 Å². The fourth-order valence-electron chi connectivity index (χ4n) is 3.09. The van der Waals surface area contributed by atoms with Crippen molar-refractivity contribution in [2.75, 3.05) is 7.05 Å². The number of benzene rings is 1. The van der Waals surface area contributed by atoms with Gasteiger partial charge in [-0.15, -0.1) is 0 Å². The second kappa shape index (κ2) is 9.18. The van der Waals surface area contributed by atoms with Crippen molar-refractivity contribution in [1.29, 1.82) is 0 Å². The van der Waals surface area contributed by atoms with Crippen LogP contribution in [-0.4, -0.2) is 40.4 Å². The topological polar surface area (TPSA) is 76.4 Å². The van der Waals surface area contributed by atoms with E-state index in [9.17, 15) is 8.78 Å². The number of fused-ring (bicyclic) bond motifs is 1. The van der Waals surface area contributed by atoms with Gasteiger partial charge >= 0.3 is 6.61 Å². The molecule has 0 radical (unpaired) electrons. The maximum Gasteiger partial charge on any atom is 0.387 e. The maximum atomic E-state index is 12.6. The van der Waals surface area contributed by atoms with Crippen molar-refractivity contribution >= 4 is 17.6 Å². The molecule has 7 nitrogen and oxygen atoms in total. The van der Waals surface area contributed by atoms with Gasteiger partial charge in [0.25, 0.3) is 0 Å². The van der Waals surface area contributed by atoms with Gasteiger partial charge in [0.15, 0.2) is 11.8 Å². The van der Waals surface area contributed by atoms with Gasteiger partial charge in [-0.1, -0.05) is 18.5 Å². The molecule has 0 fully saturated rings. The van der Waals surface area contributed by atoms with Crippen molar-refractivity contribution in [3.63, 3.8) is 0 Å². The molecule has 0 saturated heterocycles. The number of nitrogens with zero attached hydrogens (tertiary/aromatic N) is 4. The molecule has 3 rings (SSSR count). The summed E-state index contributed by atoms with van der Waals surface area (Å²) in [5, 5.41) is 11.4. The van der Waals surface area contributed by atoms with E-state index >= 15 is 0 Å². The lowest BCUT2D eigenvalue weighted by Gasteiger charge is -2.25. The van der Waals surface area contributed by atoms with E-state index in [0.717, 1.165) is 30.9 Å². The first kappa shape index (κ1) is 20.3. The molecule has 0 amide bonds. The van der Waals surface area contributed by atoms with E-state index in [0.29, 0.717) is 23.1 Å². The number of halogens is 3. The van der Waals surface area contributed by atoms with Crippen LogP contribution in [-0.2, 0) is 25.9 Å². The van der Waals surface area contributed by atoms with Gasteiger partial charge in [-0.25, -0.2) is 9.67 Å². The summed E-state index contributed by atoms with van der Waals surface area (Å²) in [5.41, 5.74) is 0.519. The number of hydrogen-bond donors (Lipinski definition) is 2. The quantitative estimate of drug-likeness (QED) is 0.563. The van der Waals surface area contributed by atoms with Crippen molar-refractivity contribution in [1.82, 2.24) is 25.4 Å². The molecule has 0 saturated carbocycles. The Hall–Kier alpha value is -2.42. The van der Waals surface area contributed by atoms with Crippen molar-refractivity contribution in [2.24, 2.45) is 4.99 Å². The molecule has 0 aliphatic carbocycles. The van der Waals surface area contributed by atoms with Crippen LogP contribution in [0.25, 0.3) is 0 Å². The molecule has 1 aromatic heterocycles. The Bertz CT molecular complexity index is 841. The molecule has 0 bridgehead atoms. The summed E-state index contributed by atoms with van der Waals surface area (Å²) in [6.45, 7) is 0.0678. The number of aliphatic imine (C=N–C) groups is 1. The van der Waals surface area contributed by atoms with Gasteiger partial charge in [-0.3, -0.25) is 4.99 Å². The number of alkyl halides is 2. The van der Waals surface area contributed by atoms with Crippen LogP contribution in [0, 0.1) is 0 Å². The van der Waals surface area contributed by atoms with E-state index in [-0.39, 0.29) is 18.3 Å². The normalized spacial score (nSPS) is 16.8. The molecule has 1 aromatic carbocycles. The standard InChI is InChI=1S/C18H23ClF2N6O/c1-3-15-25-16-7-5-13(10-27(16)26-15)24-18(22-2)23-9-11-8-12(19)4-6-14(11)28-17(20)21/h4,6,8,13,17H,3,5,7,9-10H2,1-2H3,(H2,22,23,24). The fourth-order valence-corrected chi connectivity index (χ4v) is 3.29. The largest absolute Gasteiger partial charge is 0.434 e. The van der Waals surface area contributed by atoms with Crippen LogP contribution in [0.2, 0.25) is 5.02 Å². The molecular formula is C18H23ClF2N6O. The van der Waals surface area contributed by atoms with E-state index < -0.39 is 6.61 Å². The molecule has 2 heterocycles. The van der Waals surface area contributed by atoms with Crippen LogP contribution in [0.5, 0.6) is 5.75 Å². The Labute approximate surface area is 167 Å². The highest BCUT2D eigenvalue weighted by Crippen LogP contribution is 2.24. The third-order valence-corrected chi connectivity index (χ3v) is 4.70. The molecule has 1 atom stereocenters. The second-order valence-electron chi connectivity index (χ2n) is 6.42. The lowest BCUT2D eigenvalue weighted by Crippen LogP contribution is -2.46. The van der Waals surface area contributed by atoms with Gasteiger partial charge in [0.1, 0.15) is 11.6 Å². The Balaban J connectivity index is 1.61. The van der Waals surface area contributed by atoms with Crippen LogP contribution >= 0.6 is 11.6 Å². The molecule has 28 heavy (non-hydrogen) atoms. The first-order valence-electron chi connectivity index (χ1n) is 9.11. The summed E-state index contributed by atoms with van der Waals surface area (Å²) < 4.78 is 31.7. The summed E-state index contributed by atoms with van der Waals surface area (Å²) in [5.74, 6) is 2.50. The fraction of sp³-hybridized carbons (Fsp3) is 0.500. The Morgan fingerprint density at radius 3 is 3.00 bits per heavy atom. The third kappa shape index (κ3) is 5.09. The molecule has 10 heteroatoms. The van der Waals surface area contributed by atoms with Gasteiger partial charge < -0.3 is 15.4 Å². The minimum Gasteiger partial charge on any atom is -0.434 e. The number of aryl methyl sites for hydroxylation is 2. The molecule has 1 unspecified atom stereocenters. The molecule has 1 aliphatic heterocycles. The molecule has 2 aromatic rings. The SMILES string of the molecule is CCc1nc2n(n1)CC(NC(=NC)NCc1cc(Cl)ccc1OC(F)F)CC2. The van der Waals surface area contributed by atoms with E-state index in [1.54, 1.807) is 13.1 Å². The maximum absolute atomic E-state index is 12.6. The van der Waals surface area contributed by atoms with Crippen molar-refractivity contribution in [2.45, 2.75) is 51.9 Å². The Morgan fingerprint density at radius 1 is 1.46 bits per heavy atom. The van der Waals surface area contributed by atoms with Gasteiger partial charge in [-0.2, -0.15) is 13.9 Å². The van der Waals surface area contributed by atoms with Crippen LogP contribution < -0.4 is 15.4 Å². The van der Waals surface area contributed by atoms with E-state index in [4.69, 9.17) is 11.6 Å². The zero-order valence-corrected chi connectivity index (χ0v) is 16.5. The van der Waals surface area contributed by atoms with Gasteiger partial charge in [0.2, 0.25) is 0 Å². The molecule has 1 aliphatic rings. The Kier molecular flexibility index (Phi) is 6.66. The number of aromatic nitrogens is 3. The number of ether oxygens (including phenoxy) is 1. The van der Waals surface area contributed by atoms with Crippen molar-refractivity contribution in [3.05, 3.63) is 40.4 Å². The molecule has 2 N–H and O–H groups in total. The Morgan fingerprint density at radius 2 is 2.29 bits per heavy atom. The molecule has 152 valence electrons. The second-order valence-corrected chi connectivity index (χ2v) is 6.85. The average molecular weight is 413 g/mol. The summed E-state index contributed by atoms with van der Waals surface area (Å²) in [4.78, 5) is 8.73. The third-order valence-electron chi connectivity index (χ3n) is 4.47. The highest BCUT2D eigenvalue weighted by Gasteiger charge is 2.22. The summed E-state index contributed by atoms with van der Waals surface area (Å²) in [6.07, 6.45) is 2.55. The lowest BCUT2D eigenvalue weighted by atomic mass is 10.1. The van der Waals surface area contributed by atoms with E-state index in [2.05, 4.69) is 30.4 Å². The highest BCUT2D eigenvalue weighted by molar-refractivity contribution is 6.30. The zero-order chi connectivity index (χ0) is 20.1. The highest BCUT2D eigenvalue weighted by atomic mass is 35.5. The lowest BCUT2D eigenvalue weighted by molar-refractivity contribution is -0.0504. The molecular weight excluding hydrogens is 390 g/mol. The smallest absolute Gasteiger partial charge is 0.387 e. The predicted octanol–water partition coefficient (Wildman–Crippen LogP) is 2.78. The monoisotopic (exact) mass is 412 g/mol. The van der Waals surface area contributed by atoms with Crippen molar-refractivity contribution < 1.29 is 13.5 Å². The number of guanidine groups is 1. The molecule has 0 spiro atoms. The van der Waals surface area contributed by atoms with Gasteiger partial charge in [-0.05, 0) is 24.6 Å². The number of nitrogens with one attached hydrogen (secondary N) is 2. The van der Waals surface area contributed by atoms with E-state index in [1.807, 2.05) is 11.6 Å².